The van der Waals surface area contributed by atoms with Crippen molar-refractivity contribution in [1.29, 1.82) is 0 Å². The molecule has 0 saturated heterocycles. The lowest BCUT2D eigenvalue weighted by atomic mass is 10.1. The molecule has 1 aromatic carbocycles. The number of aryl methyl sites for hydroxylation is 1. The van der Waals surface area contributed by atoms with E-state index in [-0.39, 0.29) is 0 Å². The van der Waals surface area contributed by atoms with Crippen LogP contribution in [0.1, 0.15) is 29.5 Å². The van der Waals surface area contributed by atoms with Gasteiger partial charge >= 0.3 is 0 Å². The van der Waals surface area contributed by atoms with Gasteiger partial charge in [0.1, 0.15) is 6.10 Å². The topological polar surface area (TPSA) is 62.4 Å². The van der Waals surface area contributed by atoms with Crippen LogP contribution in [0.25, 0.3) is 5.69 Å². The van der Waals surface area contributed by atoms with Crippen molar-refractivity contribution in [3.63, 3.8) is 0 Å². The van der Waals surface area contributed by atoms with Gasteiger partial charge in [-0.05, 0) is 50.3 Å². The number of likely N-dealkylation sites (N-methyl/N-ethyl adjacent to an activating group) is 1. The third-order valence-corrected chi connectivity index (χ3v) is 5.08. The second kappa shape index (κ2) is 8.26. The van der Waals surface area contributed by atoms with E-state index in [2.05, 4.69) is 50.1 Å². The van der Waals surface area contributed by atoms with E-state index in [4.69, 9.17) is 0 Å². The lowest BCUT2D eigenvalue weighted by Gasteiger charge is -2.20. The molecule has 2 aromatic heterocycles. The highest BCUT2D eigenvalue weighted by Gasteiger charge is 2.20. The Kier molecular flexibility index (Phi) is 5.57. The van der Waals surface area contributed by atoms with Crippen molar-refractivity contribution in [2.24, 2.45) is 0 Å². The van der Waals surface area contributed by atoms with Crippen molar-refractivity contribution in [2.75, 3.05) is 27.2 Å². The quantitative estimate of drug-likeness (QED) is 0.709. The van der Waals surface area contributed by atoms with Gasteiger partial charge in [0.25, 0.3) is 0 Å². The number of aliphatic hydroxyl groups excluding tert-OH is 1. The third-order valence-electron chi connectivity index (χ3n) is 5.08. The number of rotatable bonds is 6. The SMILES string of the molecule is CN(C)CC(O)c1cc2n(n1)CCCN(Cc1cccc(-n3cccn3)c1)C2. The molecule has 0 amide bonds. The zero-order valence-electron chi connectivity index (χ0n) is 16.6. The zero-order chi connectivity index (χ0) is 19.5. The summed E-state index contributed by atoms with van der Waals surface area (Å²) in [6, 6.07) is 12.5. The summed E-state index contributed by atoms with van der Waals surface area (Å²) in [7, 11) is 3.92. The molecule has 0 radical (unpaired) electrons. The van der Waals surface area contributed by atoms with E-state index >= 15 is 0 Å². The van der Waals surface area contributed by atoms with Crippen molar-refractivity contribution in [2.45, 2.75) is 32.2 Å². The van der Waals surface area contributed by atoms with Crippen LogP contribution in [0.15, 0.2) is 48.8 Å². The fourth-order valence-electron chi connectivity index (χ4n) is 3.77. The van der Waals surface area contributed by atoms with Gasteiger partial charge in [-0.15, -0.1) is 0 Å². The van der Waals surface area contributed by atoms with Gasteiger partial charge < -0.3 is 10.0 Å². The molecule has 3 aromatic rings. The van der Waals surface area contributed by atoms with Gasteiger partial charge in [-0.1, -0.05) is 12.1 Å². The van der Waals surface area contributed by atoms with Crippen LogP contribution < -0.4 is 0 Å². The molecule has 0 bridgehead atoms. The number of aromatic nitrogens is 4. The third kappa shape index (κ3) is 4.32. The van der Waals surface area contributed by atoms with E-state index in [1.165, 1.54) is 11.3 Å². The summed E-state index contributed by atoms with van der Waals surface area (Å²) in [5, 5.41) is 19.4. The summed E-state index contributed by atoms with van der Waals surface area (Å²) in [6.45, 7) is 4.24. The standard InChI is InChI=1S/C21H28N6O/c1-24(2)16-21(28)20-13-19-15-25(9-5-11-27(19)23-20)14-17-6-3-7-18(12-17)26-10-4-8-22-26/h3-4,6-8,10,12-13,21,28H,5,9,11,14-16H2,1-2H3. The molecule has 7 heteroatoms. The van der Waals surface area contributed by atoms with Crippen molar-refractivity contribution < 1.29 is 5.11 Å². The number of aliphatic hydroxyl groups is 1. The molecule has 3 heterocycles. The average molecular weight is 380 g/mol. The van der Waals surface area contributed by atoms with Crippen LogP contribution >= 0.6 is 0 Å². The second-order valence-electron chi connectivity index (χ2n) is 7.75. The van der Waals surface area contributed by atoms with Crippen LogP contribution in [0.5, 0.6) is 0 Å². The van der Waals surface area contributed by atoms with E-state index in [1.54, 1.807) is 6.20 Å². The molecular weight excluding hydrogens is 352 g/mol. The van der Waals surface area contributed by atoms with Gasteiger partial charge in [-0.3, -0.25) is 9.58 Å². The molecule has 1 atom stereocenters. The fraction of sp³-hybridized carbons (Fsp3) is 0.429. The highest BCUT2D eigenvalue weighted by atomic mass is 16.3. The first kappa shape index (κ1) is 18.9. The summed E-state index contributed by atoms with van der Waals surface area (Å²) >= 11 is 0. The Labute approximate surface area is 165 Å². The maximum absolute atomic E-state index is 10.4. The predicted octanol–water partition coefficient (Wildman–Crippen LogP) is 2.07. The van der Waals surface area contributed by atoms with E-state index in [9.17, 15) is 5.11 Å². The molecule has 0 fully saturated rings. The Balaban J connectivity index is 1.47. The van der Waals surface area contributed by atoms with Gasteiger partial charge in [0, 0.05) is 45.1 Å². The number of fused-ring (bicyclic) bond motifs is 1. The average Bonchev–Trinajstić information content (AvgIpc) is 3.29. The van der Waals surface area contributed by atoms with Crippen LogP contribution in [0.3, 0.4) is 0 Å². The maximum Gasteiger partial charge on any atom is 0.110 e. The van der Waals surface area contributed by atoms with Crippen molar-refractivity contribution in [3.05, 3.63) is 65.7 Å². The molecule has 0 saturated carbocycles. The summed E-state index contributed by atoms with van der Waals surface area (Å²) in [6.07, 6.45) is 4.26. The van der Waals surface area contributed by atoms with Crippen LogP contribution in [0, 0.1) is 0 Å². The minimum atomic E-state index is -0.548. The molecule has 1 aliphatic rings. The largest absolute Gasteiger partial charge is 0.385 e. The molecule has 0 aliphatic carbocycles. The van der Waals surface area contributed by atoms with Crippen LogP contribution in [-0.4, -0.2) is 61.7 Å². The normalized spacial score (nSPS) is 16.1. The minimum Gasteiger partial charge on any atom is -0.385 e. The van der Waals surface area contributed by atoms with Crippen molar-refractivity contribution in [3.8, 4) is 5.69 Å². The number of nitrogens with zero attached hydrogens (tertiary/aromatic N) is 6. The van der Waals surface area contributed by atoms with E-state index < -0.39 is 6.10 Å². The van der Waals surface area contributed by atoms with E-state index in [0.29, 0.717) is 6.54 Å². The Morgan fingerprint density at radius 1 is 1.18 bits per heavy atom. The fourth-order valence-corrected chi connectivity index (χ4v) is 3.77. The van der Waals surface area contributed by atoms with Gasteiger partial charge in [-0.2, -0.15) is 10.2 Å². The Bertz CT molecular complexity index is 902. The summed E-state index contributed by atoms with van der Waals surface area (Å²) in [4.78, 5) is 4.43. The molecule has 0 spiro atoms. The molecule has 4 rings (SSSR count). The molecule has 1 N–H and O–H groups in total. The van der Waals surface area contributed by atoms with E-state index in [1.807, 2.05) is 35.9 Å². The molecule has 7 nitrogen and oxygen atoms in total. The molecule has 28 heavy (non-hydrogen) atoms. The lowest BCUT2D eigenvalue weighted by molar-refractivity contribution is 0.133. The minimum absolute atomic E-state index is 0.548. The lowest BCUT2D eigenvalue weighted by Crippen LogP contribution is -2.23. The maximum atomic E-state index is 10.4. The monoisotopic (exact) mass is 380 g/mol. The van der Waals surface area contributed by atoms with Crippen molar-refractivity contribution >= 4 is 0 Å². The zero-order valence-corrected chi connectivity index (χ0v) is 16.6. The molecule has 1 aliphatic heterocycles. The second-order valence-corrected chi connectivity index (χ2v) is 7.75. The number of benzene rings is 1. The van der Waals surface area contributed by atoms with Crippen LogP contribution in [0.4, 0.5) is 0 Å². The van der Waals surface area contributed by atoms with Crippen LogP contribution in [-0.2, 0) is 19.6 Å². The van der Waals surface area contributed by atoms with Gasteiger partial charge in [0.2, 0.25) is 0 Å². The summed E-state index contributed by atoms with van der Waals surface area (Å²) in [5.41, 5.74) is 4.30. The van der Waals surface area contributed by atoms with Gasteiger partial charge in [-0.25, -0.2) is 4.68 Å². The summed E-state index contributed by atoms with van der Waals surface area (Å²) < 4.78 is 3.95. The Morgan fingerprint density at radius 3 is 2.86 bits per heavy atom. The number of hydrogen-bond acceptors (Lipinski definition) is 5. The summed E-state index contributed by atoms with van der Waals surface area (Å²) in [5.74, 6) is 0. The van der Waals surface area contributed by atoms with E-state index in [0.717, 1.165) is 44.0 Å². The highest BCUT2D eigenvalue weighted by molar-refractivity contribution is 5.35. The predicted molar refractivity (Wildman–Crippen MR) is 108 cm³/mol. The Hall–Kier alpha value is -2.48. The van der Waals surface area contributed by atoms with Gasteiger partial charge in [0.05, 0.1) is 17.1 Å². The molecular formula is C21H28N6O. The van der Waals surface area contributed by atoms with Crippen molar-refractivity contribution in [1.82, 2.24) is 29.4 Å². The number of hydrogen-bond donors (Lipinski definition) is 1. The molecule has 148 valence electrons. The first-order valence-electron chi connectivity index (χ1n) is 9.79. The van der Waals surface area contributed by atoms with Crippen LogP contribution in [0.2, 0.25) is 0 Å². The van der Waals surface area contributed by atoms with Gasteiger partial charge in [0.15, 0.2) is 0 Å². The Morgan fingerprint density at radius 2 is 2.07 bits per heavy atom. The highest BCUT2D eigenvalue weighted by Crippen LogP contribution is 2.20. The first-order chi connectivity index (χ1) is 13.6. The first-order valence-corrected chi connectivity index (χ1v) is 9.79. The smallest absolute Gasteiger partial charge is 0.110 e. The molecule has 1 unspecified atom stereocenters.